The van der Waals surface area contributed by atoms with Crippen molar-refractivity contribution in [3.63, 3.8) is 0 Å². The Kier molecular flexibility index (Phi) is 12.7. The molecule has 1 atom stereocenters. The van der Waals surface area contributed by atoms with Crippen LogP contribution in [0.25, 0.3) is 17.2 Å². The summed E-state index contributed by atoms with van der Waals surface area (Å²) in [5.41, 5.74) is 5.35. The Morgan fingerprint density at radius 3 is 2.46 bits per heavy atom. The van der Waals surface area contributed by atoms with E-state index in [0.717, 1.165) is 57.9 Å². The molecular formula is C32H37FO5S3. The average molecular weight is 617 g/mol. The molecule has 1 saturated heterocycles. The number of unbranched alkanes of at least 4 members (excludes halogenated alkanes) is 1. The zero-order chi connectivity index (χ0) is 29.0. The lowest BCUT2D eigenvalue weighted by Crippen LogP contribution is -2.14. The van der Waals surface area contributed by atoms with E-state index in [9.17, 15) is 14.0 Å². The van der Waals surface area contributed by atoms with Gasteiger partial charge in [-0.1, -0.05) is 46.2 Å². The summed E-state index contributed by atoms with van der Waals surface area (Å²) in [5.74, 6) is 0.293. The first-order chi connectivity index (χ1) is 19.9. The van der Waals surface area contributed by atoms with E-state index in [1.807, 2.05) is 34.8 Å². The molecule has 0 radical (unpaired) electrons. The van der Waals surface area contributed by atoms with E-state index >= 15 is 0 Å². The monoisotopic (exact) mass is 616 g/mol. The maximum atomic E-state index is 14.2. The summed E-state index contributed by atoms with van der Waals surface area (Å²) in [7, 11) is 3.91. The van der Waals surface area contributed by atoms with E-state index in [1.54, 1.807) is 17.8 Å². The van der Waals surface area contributed by atoms with Gasteiger partial charge in [0.25, 0.3) is 0 Å². The van der Waals surface area contributed by atoms with Gasteiger partial charge >= 0.3 is 11.9 Å². The molecule has 1 aliphatic heterocycles. The third kappa shape index (κ3) is 9.66. The van der Waals surface area contributed by atoms with Gasteiger partial charge in [0.15, 0.2) is 0 Å². The number of ether oxygens (including phenoxy) is 3. The predicted octanol–water partition coefficient (Wildman–Crippen LogP) is 8.08. The third-order valence-electron chi connectivity index (χ3n) is 7.07. The highest BCUT2D eigenvalue weighted by Gasteiger charge is 2.26. The molecule has 0 spiro atoms. The smallest absolute Gasteiger partial charge is 0.310 e. The first-order valence-corrected chi connectivity index (χ1v) is 17.6. The lowest BCUT2D eigenvalue weighted by atomic mass is 10.0. The van der Waals surface area contributed by atoms with Crippen LogP contribution in [-0.4, -0.2) is 55.6 Å². The number of hydrogen-bond donors (Lipinski definition) is 0. The number of esters is 2. The molecule has 4 rings (SSSR count). The molecule has 2 aromatic carbocycles. The summed E-state index contributed by atoms with van der Waals surface area (Å²) in [6.45, 7) is 2.70. The van der Waals surface area contributed by atoms with Crippen molar-refractivity contribution < 1.29 is 28.2 Å². The molecule has 0 aromatic heterocycles. The van der Waals surface area contributed by atoms with Crippen molar-refractivity contribution in [2.24, 2.45) is 0 Å². The molecule has 0 amide bonds. The number of carbonyl (C=O) groups is 2. The summed E-state index contributed by atoms with van der Waals surface area (Å²) in [6.07, 6.45) is 8.93. The number of thioether (sulfide) groups is 1. The lowest BCUT2D eigenvalue weighted by molar-refractivity contribution is -0.146. The van der Waals surface area contributed by atoms with Crippen LogP contribution in [0.15, 0.2) is 52.9 Å². The third-order valence-corrected chi connectivity index (χ3v) is 10.8. The van der Waals surface area contributed by atoms with Crippen molar-refractivity contribution >= 4 is 62.5 Å². The number of fused-ring (bicyclic) bond motifs is 1. The summed E-state index contributed by atoms with van der Waals surface area (Å²) in [5, 5.41) is 0.735. The molecule has 0 N–H and O–H groups in total. The second-order valence-corrected chi connectivity index (χ2v) is 13.6. The van der Waals surface area contributed by atoms with Gasteiger partial charge in [0.05, 0.1) is 19.6 Å². The molecule has 41 heavy (non-hydrogen) atoms. The van der Waals surface area contributed by atoms with E-state index in [2.05, 4.69) is 30.3 Å². The topological polar surface area (TPSA) is 61.8 Å². The van der Waals surface area contributed by atoms with Crippen LogP contribution in [0.1, 0.15) is 62.1 Å². The molecule has 0 saturated carbocycles. The molecule has 9 heteroatoms. The minimum Gasteiger partial charge on any atom is -0.463 e. The zero-order valence-corrected chi connectivity index (χ0v) is 26.1. The molecular weight excluding hydrogens is 580 g/mol. The minimum absolute atomic E-state index is 0.0426. The second kappa shape index (κ2) is 16.4. The van der Waals surface area contributed by atoms with E-state index < -0.39 is 5.97 Å². The fourth-order valence-electron chi connectivity index (χ4n) is 4.85. The average Bonchev–Trinajstić information content (AvgIpc) is 3.58. The fourth-order valence-corrected chi connectivity index (χ4v) is 8.29. The van der Waals surface area contributed by atoms with Crippen molar-refractivity contribution in [1.29, 1.82) is 0 Å². The highest BCUT2D eigenvalue weighted by Crippen LogP contribution is 2.44. The molecule has 2 aliphatic rings. The number of benzene rings is 2. The second-order valence-electron chi connectivity index (χ2n) is 9.93. The van der Waals surface area contributed by atoms with Crippen LogP contribution in [0.2, 0.25) is 0 Å². The Labute approximate surface area is 254 Å². The standard InChI is InChI=1S/C32H37FO5S3/c1-22-28(19-23-7-10-25(39-2)11-8-23)27-12-9-24(33)20-30(27)29(22)21-32(35)38-17-15-36-14-16-37-31(34)6-4-3-5-26-13-18-40-41-26/h7-12,19-20,26H,3-6,13-18,21H2,1-2H3/b28-19-. The number of hydrogen-bond acceptors (Lipinski definition) is 8. The van der Waals surface area contributed by atoms with Crippen LogP contribution in [0.3, 0.4) is 0 Å². The van der Waals surface area contributed by atoms with Crippen molar-refractivity contribution in [1.82, 2.24) is 0 Å². The van der Waals surface area contributed by atoms with E-state index in [-0.39, 0.29) is 44.6 Å². The van der Waals surface area contributed by atoms with Crippen molar-refractivity contribution in [3.8, 4) is 0 Å². The quantitative estimate of drug-likeness (QED) is 0.0862. The van der Waals surface area contributed by atoms with Gasteiger partial charge < -0.3 is 14.2 Å². The van der Waals surface area contributed by atoms with E-state index in [4.69, 9.17) is 14.2 Å². The lowest BCUT2D eigenvalue weighted by Gasteiger charge is -2.09. The van der Waals surface area contributed by atoms with Crippen molar-refractivity contribution in [2.75, 3.05) is 38.4 Å². The highest BCUT2D eigenvalue weighted by atomic mass is 33.1. The fraction of sp³-hybridized carbons (Fsp3) is 0.438. The summed E-state index contributed by atoms with van der Waals surface area (Å²) >= 11 is 1.68. The number of halogens is 1. The molecule has 2 aromatic rings. The van der Waals surface area contributed by atoms with E-state index in [0.29, 0.717) is 6.42 Å². The summed E-state index contributed by atoms with van der Waals surface area (Å²) in [6, 6.07) is 12.9. The molecule has 1 fully saturated rings. The molecule has 1 unspecified atom stereocenters. The Morgan fingerprint density at radius 1 is 1.00 bits per heavy atom. The van der Waals surface area contributed by atoms with Crippen LogP contribution in [0.4, 0.5) is 4.39 Å². The maximum absolute atomic E-state index is 14.2. The number of allylic oxidation sites excluding steroid dienone is 2. The van der Waals surface area contributed by atoms with Gasteiger partial charge in [0, 0.05) is 22.3 Å². The van der Waals surface area contributed by atoms with Crippen LogP contribution >= 0.6 is 33.3 Å². The molecule has 0 bridgehead atoms. The molecule has 220 valence electrons. The van der Waals surface area contributed by atoms with Crippen molar-refractivity contribution in [3.05, 3.63) is 70.5 Å². The Bertz CT molecular complexity index is 1250. The highest BCUT2D eigenvalue weighted by molar-refractivity contribution is 8.77. The SMILES string of the molecule is CSc1ccc(/C=C2/C(C)=C(CC(=O)OCCOCCOC(=O)CCCCC3CCSS3)c3cc(F)ccc32)cc1. The van der Waals surface area contributed by atoms with Gasteiger partial charge in [-0.05, 0) is 96.2 Å². The van der Waals surface area contributed by atoms with Gasteiger partial charge in [-0.2, -0.15) is 0 Å². The number of carbonyl (C=O) groups excluding carboxylic acids is 2. The predicted molar refractivity (Wildman–Crippen MR) is 169 cm³/mol. The van der Waals surface area contributed by atoms with Gasteiger partial charge in [-0.25, -0.2) is 4.39 Å². The summed E-state index contributed by atoms with van der Waals surface area (Å²) in [4.78, 5) is 25.7. The molecule has 1 heterocycles. The normalized spacial score (nSPS) is 17.2. The van der Waals surface area contributed by atoms with Crippen LogP contribution in [0.5, 0.6) is 0 Å². The number of rotatable bonds is 15. The van der Waals surface area contributed by atoms with E-state index in [1.165, 1.54) is 29.2 Å². The van der Waals surface area contributed by atoms with Gasteiger partial charge in [0.2, 0.25) is 0 Å². The Morgan fingerprint density at radius 2 is 1.76 bits per heavy atom. The largest absolute Gasteiger partial charge is 0.463 e. The van der Waals surface area contributed by atoms with Crippen LogP contribution in [-0.2, 0) is 23.8 Å². The first kappa shape index (κ1) is 31.7. The molecule has 5 nitrogen and oxygen atoms in total. The Balaban J connectivity index is 1.18. The minimum atomic E-state index is -0.398. The van der Waals surface area contributed by atoms with Crippen LogP contribution < -0.4 is 0 Å². The van der Waals surface area contributed by atoms with Gasteiger partial charge in [0.1, 0.15) is 19.0 Å². The summed E-state index contributed by atoms with van der Waals surface area (Å²) < 4.78 is 30.2. The zero-order valence-electron chi connectivity index (χ0n) is 23.6. The first-order valence-electron chi connectivity index (χ1n) is 14.0. The van der Waals surface area contributed by atoms with Crippen molar-refractivity contribution in [2.45, 2.75) is 55.6 Å². The molecule has 1 aliphatic carbocycles. The van der Waals surface area contributed by atoms with Gasteiger partial charge in [-0.15, -0.1) is 11.8 Å². The van der Waals surface area contributed by atoms with Crippen LogP contribution in [0, 0.1) is 5.82 Å². The maximum Gasteiger partial charge on any atom is 0.310 e. The Hall–Kier alpha value is -2.20. The van der Waals surface area contributed by atoms with Gasteiger partial charge in [-0.3, -0.25) is 9.59 Å².